The van der Waals surface area contributed by atoms with E-state index in [1.807, 2.05) is 0 Å². The molecule has 3 N–H and O–H groups in total. The highest BCUT2D eigenvalue weighted by Gasteiger charge is 2.33. The standard InChI is InChI=1S/C8H18N2O2/c1-8(9)6-10(7-8)2-4-12-5-3-11/h11H,2-7,9H2,1H3. The number of ether oxygens (including phenoxy) is 1. The number of likely N-dealkylation sites (tertiary alicyclic amines) is 1. The van der Waals surface area contributed by atoms with Gasteiger partial charge in [-0.1, -0.05) is 0 Å². The topological polar surface area (TPSA) is 58.7 Å². The van der Waals surface area contributed by atoms with E-state index in [1.165, 1.54) is 0 Å². The molecule has 1 saturated heterocycles. The molecule has 1 rings (SSSR count). The van der Waals surface area contributed by atoms with Crippen LogP contribution in [-0.2, 0) is 4.74 Å². The molecule has 0 aromatic heterocycles. The fourth-order valence-electron chi connectivity index (χ4n) is 1.49. The lowest BCUT2D eigenvalue weighted by atomic mass is 9.94. The van der Waals surface area contributed by atoms with E-state index < -0.39 is 0 Å². The first-order valence-corrected chi connectivity index (χ1v) is 4.34. The average molecular weight is 174 g/mol. The van der Waals surface area contributed by atoms with Crippen molar-refractivity contribution >= 4 is 0 Å². The van der Waals surface area contributed by atoms with Crippen LogP contribution in [-0.4, -0.2) is 55.0 Å². The van der Waals surface area contributed by atoms with Gasteiger partial charge in [0.1, 0.15) is 0 Å². The van der Waals surface area contributed by atoms with Crippen LogP contribution in [0.3, 0.4) is 0 Å². The molecule has 12 heavy (non-hydrogen) atoms. The summed E-state index contributed by atoms with van der Waals surface area (Å²) in [5, 5.41) is 8.43. The summed E-state index contributed by atoms with van der Waals surface area (Å²) in [7, 11) is 0. The van der Waals surface area contributed by atoms with Crippen molar-refractivity contribution in [2.75, 3.05) is 39.5 Å². The van der Waals surface area contributed by atoms with Gasteiger partial charge < -0.3 is 15.6 Å². The van der Waals surface area contributed by atoms with E-state index in [9.17, 15) is 0 Å². The number of nitrogens with two attached hydrogens (primary N) is 1. The molecule has 4 nitrogen and oxygen atoms in total. The molecule has 4 heteroatoms. The van der Waals surface area contributed by atoms with Crippen LogP contribution in [0.5, 0.6) is 0 Å². The summed E-state index contributed by atoms with van der Waals surface area (Å²) in [5.41, 5.74) is 5.83. The molecule has 0 unspecified atom stereocenters. The summed E-state index contributed by atoms with van der Waals surface area (Å²) in [4.78, 5) is 2.25. The first-order valence-electron chi connectivity index (χ1n) is 4.34. The Bertz CT molecular complexity index is 131. The number of rotatable bonds is 5. The molecule has 0 aromatic carbocycles. The molecule has 0 amide bonds. The van der Waals surface area contributed by atoms with E-state index in [-0.39, 0.29) is 12.1 Å². The number of aliphatic hydroxyl groups is 1. The van der Waals surface area contributed by atoms with Gasteiger partial charge in [0.15, 0.2) is 0 Å². The van der Waals surface area contributed by atoms with Gasteiger partial charge in [-0.25, -0.2) is 0 Å². The maximum atomic E-state index is 8.43. The summed E-state index contributed by atoms with van der Waals surface area (Å²) in [6.45, 7) is 6.12. The molecule has 1 fully saturated rings. The Labute approximate surface area is 73.3 Å². The van der Waals surface area contributed by atoms with E-state index in [4.69, 9.17) is 15.6 Å². The monoisotopic (exact) mass is 174 g/mol. The Kier molecular flexibility index (Phi) is 3.46. The van der Waals surface area contributed by atoms with E-state index in [0.29, 0.717) is 13.2 Å². The minimum absolute atomic E-state index is 0.0109. The molecule has 0 spiro atoms. The van der Waals surface area contributed by atoms with Gasteiger partial charge in [-0.2, -0.15) is 0 Å². The summed E-state index contributed by atoms with van der Waals surface area (Å²) in [5.74, 6) is 0. The average Bonchev–Trinajstić information content (AvgIpc) is 1.94. The van der Waals surface area contributed by atoms with Crippen molar-refractivity contribution < 1.29 is 9.84 Å². The highest BCUT2D eigenvalue weighted by atomic mass is 16.5. The number of aliphatic hydroxyl groups excluding tert-OH is 1. The van der Waals surface area contributed by atoms with Crippen molar-refractivity contribution in [2.45, 2.75) is 12.5 Å². The number of nitrogens with zero attached hydrogens (tertiary/aromatic N) is 1. The van der Waals surface area contributed by atoms with Crippen molar-refractivity contribution in [1.82, 2.24) is 4.90 Å². The zero-order valence-electron chi connectivity index (χ0n) is 7.62. The summed E-state index contributed by atoms with van der Waals surface area (Å²) in [6.07, 6.45) is 0. The second-order valence-electron chi connectivity index (χ2n) is 3.70. The van der Waals surface area contributed by atoms with Gasteiger partial charge in [0.05, 0.1) is 19.8 Å². The summed E-state index contributed by atoms with van der Waals surface area (Å²) in [6, 6.07) is 0. The zero-order valence-corrected chi connectivity index (χ0v) is 7.62. The van der Waals surface area contributed by atoms with Gasteiger partial charge in [0, 0.05) is 25.2 Å². The predicted molar refractivity (Wildman–Crippen MR) is 46.9 cm³/mol. The molecule has 1 aliphatic heterocycles. The first-order chi connectivity index (χ1) is 5.64. The third-order valence-electron chi connectivity index (χ3n) is 1.96. The minimum Gasteiger partial charge on any atom is -0.394 e. The minimum atomic E-state index is 0.0109. The summed E-state index contributed by atoms with van der Waals surface area (Å²) < 4.78 is 5.12. The largest absolute Gasteiger partial charge is 0.394 e. The highest BCUT2D eigenvalue weighted by molar-refractivity contribution is 4.95. The lowest BCUT2D eigenvalue weighted by Gasteiger charge is -2.45. The molecule has 1 aliphatic rings. The van der Waals surface area contributed by atoms with Crippen molar-refractivity contribution in [2.24, 2.45) is 5.73 Å². The van der Waals surface area contributed by atoms with E-state index in [1.54, 1.807) is 0 Å². The Balaban J connectivity index is 1.90. The number of hydrogen-bond acceptors (Lipinski definition) is 4. The second-order valence-corrected chi connectivity index (χ2v) is 3.70. The van der Waals surface area contributed by atoms with Crippen molar-refractivity contribution in [1.29, 1.82) is 0 Å². The zero-order chi connectivity index (χ0) is 9.03. The molecule has 0 aliphatic carbocycles. The van der Waals surface area contributed by atoms with Gasteiger partial charge in [-0.15, -0.1) is 0 Å². The normalized spacial score (nSPS) is 22.2. The van der Waals surface area contributed by atoms with Crippen molar-refractivity contribution in [3.05, 3.63) is 0 Å². The van der Waals surface area contributed by atoms with Crippen molar-refractivity contribution in [3.8, 4) is 0 Å². The third-order valence-corrected chi connectivity index (χ3v) is 1.96. The maximum Gasteiger partial charge on any atom is 0.0698 e. The molecular formula is C8H18N2O2. The van der Waals surface area contributed by atoms with Crippen molar-refractivity contribution in [3.63, 3.8) is 0 Å². The van der Waals surface area contributed by atoms with Crippen LogP contribution < -0.4 is 5.73 Å². The Morgan fingerprint density at radius 2 is 2.17 bits per heavy atom. The van der Waals surface area contributed by atoms with Gasteiger partial charge in [0.2, 0.25) is 0 Å². The molecule has 1 heterocycles. The molecule has 0 bridgehead atoms. The Morgan fingerprint density at radius 3 is 2.67 bits per heavy atom. The second kappa shape index (κ2) is 4.18. The van der Waals surface area contributed by atoms with Gasteiger partial charge in [-0.05, 0) is 6.92 Å². The van der Waals surface area contributed by atoms with Crippen LogP contribution >= 0.6 is 0 Å². The van der Waals surface area contributed by atoms with Crippen LogP contribution in [0.15, 0.2) is 0 Å². The summed E-state index contributed by atoms with van der Waals surface area (Å²) >= 11 is 0. The van der Waals surface area contributed by atoms with Crippen LogP contribution in [0, 0.1) is 0 Å². The molecule has 0 aromatic rings. The molecule has 0 radical (unpaired) electrons. The molecule has 0 atom stereocenters. The fraction of sp³-hybridized carbons (Fsp3) is 1.00. The number of hydrogen-bond donors (Lipinski definition) is 2. The fourth-order valence-corrected chi connectivity index (χ4v) is 1.49. The van der Waals surface area contributed by atoms with E-state index >= 15 is 0 Å². The molecular weight excluding hydrogens is 156 g/mol. The van der Waals surface area contributed by atoms with Gasteiger partial charge >= 0.3 is 0 Å². The quantitative estimate of drug-likeness (QED) is 0.526. The van der Waals surface area contributed by atoms with Gasteiger partial charge in [-0.3, -0.25) is 4.90 Å². The Morgan fingerprint density at radius 1 is 1.50 bits per heavy atom. The first kappa shape index (κ1) is 9.92. The SMILES string of the molecule is CC1(N)CN(CCOCCO)C1. The predicted octanol–water partition coefficient (Wildman–Crippen LogP) is -0.972. The van der Waals surface area contributed by atoms with Crippen LogP contribution in [0.1, 0.15) is 6.92 Å². The lowest BCUT2D eigenvalue weighted by molar-refractivity contribution is 0.0296. The smallest absolute Gasteiger partial charge is 0.0698 e. The lowest BCUT2D eigenvalue weighted by Crippen LogP contribution is -2.65. The highest BCUT2D eigenvalue weighted by Crippen LogP contribution is 2.15. The third kappa shape index (κ3) is 3.06. The molecule has 0 saturated carbocycles. The van der Waals surface area contributed by atoms with Gasteiger partial charge in [0.25, 0.3) is 0 Å². The van der Waals surface area contributed by atoms with E-state index in [2.05, 4.69) is 11.8 Å². The van der Waals surface area contributed by atoms with Crippen LogP contribution in [0.2, 0.25) is 0 Å². The van der Waals surface area contributed by atoms with Crippen LogP contribution in [0.4, 0.5) is 0 Å². The maximum absolute atomic E-state index is 8.43. The Hall–Kier alpha value is -0.160. The van der Waals surface area contributed by atoms with E-state index in [0.717, 1.165) is 19.6 Å². The van der Waals surface area contributed by atoms with Crippen LogP contribution in [0.25, 0.3) is 0 Å². The molecule has 72 valence electrons.